The van der Waals surface area contributed by atoms with Gasteiger partial charge in [-0.2, -0.15) is 0 Å². The maximum absolute atomic E-state index is 12.4. The van der Waals surface area contributed by atoms with Crippen LogP contribution in [-0.2, 0) is 0 Å². The summed E-state index contributed by atoms with van der Waals surface area (Å²) in [6.45, 7) is 3.60. The fourth-order valence-corrected chi connectivity index (χ4v) is 2.80. The van der Waals surface area contributed by atoms with E-state index in [1.54, 1.807) is 6.20 Å². The average Bonchev–Trinajstić information content (AvgIpc) is 2.59. The zero-order valence-electron chi connectivity index (χ0n) is 13.1. The highest BCUT2D eigenvalue weighted by molar-refractivity contribution is 6.30. The van der Waals surface area contributed by atoms with Crippen molar-refractivity contribution >= 4 is 29.0 Å². The fraction of sp³-hybridized carbons (Fsp3) is 0.353. The summed E-state index contributed by atoms with van der Waals surface area (Å²) in [4.78, 5) is 22.8. The van der Waals surface area contributed by atoms with Crippen molar-refractivity contribution in [1.29, 1.82) is 0 Å². The third kappa shape index (κ3) is 3.79. The number of rotatable bonds is 3. The van der Waals surface area contributed by atoms with Crippen molar-refractivity contribution in [2.75, 3.05) is 18.4 Å². The maximum atomic E-state index is 12.4. The Morgan fingerprint density at radius 3 is 2.65 bits per heavy atom. The molecule has 120 valence electrons. The first kappa shape index (κ1) is 15.7. The number of halogens is 1. The van der Waals surface area contributed by atoms with Crippen molar-refractivity contribution in [2.45, 2.75) is 26.2 Å². The third-order valence-electron chi connectivity index (χ3n) is 3.98. The number of carbonyl (C=O) groups excluding carboxylic acids is 1. The van der Waals surface area contributed by atoms with Crippen LogP contribution >= 0.6 is 11.6 Å². The van der Waals surface area contributed by atoms with Gasteiger partial charge < -0.3 is 10.2 Å². The van der Waals surface area contributed by atoms with Crippen LogP contribution < -0.4 is 5.32 Å². The van der Waals surface area contributed by atoms with Crippen LogP contribution in [0.2, 0.25) is 5.02 Å². The molecule has 0 spiro atoms. The molecular weight excluding hydrogens is 312 g/mol. The van der Waals surface area contributed by atoms with Gasteiger partial charge in [0.25, 0.3) is 5.91 Å². The van der Waals surface area contributed by atoms with Crippen LogP contribution in [0.4, 0.5) is 11.5 Å². The molecular formula is C17H19ClN4O. The molecule has 0 bridgehead atoms. The summed E-state index contributed by atoms with van der Waals surface area (Å²) in [6, 6.07) is 5.62. The second kappa shape index (κ2) is 6.96. The molecule has 6 heteroatoms. The second-order valence-electron chi connectivity index (χ2n) is 5.72. The van der Waals surface area contributed by atoms with Crippen LogP contribution in [0, 0.1) is 6.92 Å². The molecule has 0 atom stereocenters. The first-order valence-electron chi connectivity index (χ1n) is 7.78. The van der Waals surface area contributed by atoms with E-state index >= 15 is 0 Å². The number of likely N-dealkylation sites (tertiary alicyclic amines) is 1. The van der Waals surface area contributed by atoms with Crippen LogP contribution in [-0.4, -0.2) is 33.9 Å². The number of nitrogens with zero attached hydrogens (tertiary/aromatic N) is 3. The number of aromatic nitrogens is 2. The topological polar surface area (TPSA) is 58.1 Å². The van der Waals surface area contributed by atoms with Crippen molar-refractivity contribution in [3.63, 3.8) is 0 Å². The molecule has 1 aromatic carbocycles. The Bertz CT molecular complexity index is 696. The van der Waals surface area contributed by atoms with Crippen LogP contribution in [0.15, 0.2) is 30.6 Å². The van der Waals surface area contributed by atoms with E-state index in [9.17, 15) is 4.79 Å². The Morgan fingerprint density at radius 2 is 1.96 bits per heavy atom. The Labute approximate surface area is 140 Å². The standard InChI is InChI=1S/C17H19ClN4O/c1-12-5-6-13(18)9-14(12)21-16-11-19-15(10-20-16)17(23)22-7-3-2-4-8-22/h5-6,9-11H,2-4,7-8H2,1H3,(H,20,21). The Kier molecular flexibility index (Phi) is 4.76. The monoisotopic (exact) mass is 330 g/mol. The van der Waals surface area contributed by atoms with Gasteiger partial charge in [0, 0.05) is 23.8 Å². The molecule has 3 rings (SSSR count). The van der Waals surface area contributed by atoms with Crippen LogP contribution in [0.25, 0.3) is 0 Å². The SMILES string of the molecule is Cc1ccc(Cl)cc1Nc1cnc(C(=O)N2CCCCC2)cn1. The van der Waals surface area contributed by atoms with Gasteiger partial charge in [-0.25, -0.2) is 9.97 Å². The van der Waals surface area contributed by atoms with Gasteiger partial charge in [0.2, 0.25) is 0 Å². The minimum Gasteiger partial charge on any atom is -0.339 e. The minimum absolute atomic E-state index is 0.0392. The number of carbonyl (C=O) groups is 1. The lowest BCUT2D eigenvalue weighted by molar-refractivity contribution is 0.0718. The summed E-state index contributed by atoms with van der Waals surface area (Å²) in [6.07, 6.45) is 6.42. The third-order valence-corrected chi connectivity index (χ3v) is 4.21. The summed E-state index contributed by atoms with van der Waals surface area (Å²) in [5, 5.41) is 3.83. The van der Waals surface area contributed by atoms with Gasteiger partial charge in [0.1, 0.15) is 11.5 Å². The summed E-state index contributed by atoms with van der Waals surface area (Å²) < 4.78 is 0. The molecule has 1 fully saturated rings. The zero-order chi connectivity index (χ0) is 16.2. The quantitative estimate of drug-likeness (QED) is 0.929. The molecule has 1 aromatic heterocycles. The van der Waals surface area contributed by atoms with Gasteiger partial charge in [-0.1, -0.05) is 17.7 Å². The number of anilines is 2. The zero-order valence-corrected chi connectivity index (χ0v) is 13.8. The first-order chi connectivity index (χ1) is 11.1. The summed E-state index contributed by atoms with van der Waals surface area (Å²) >= 11 is 6.01. The van der Waals surface area contributed by atoms with Gasteiger partial charge in [-0.3, -0.25) is 4.79 Å². The molecule has 23 heavy (non-hydrogen) atoms. The van der Waals surface area contributed by atoms with Crippen LogP contribution in [0.3, 0.4) is 0 Å². The second-order valence-corrected chi connectivity index (χ2v) is 6.16. The number of nitrogens with one attached hydrogen (secondary N) is 1. The lowest BCUT2D eigenvalue weighted by Crippen LogP contribution is -2.36. The van der Waals surface area contributed by atoms with Crippen molar-refractivity contribution in [3.8, 4) is 0 Å². The van der Waals surface area contributed by atoms with E-state index in [0.717, 1.165) is 37.2 Å². The van der Waals surface area contributed by atoms with Crippen LogP contribution in [0.1, 0.15) is 35.3 Å². The van der Waals surface area contributed by atoms with E-state index < -0.39 is 0 Å². The predicted molar refractivity (Wildman–Crippen MR) is 91.3 cm³/mol. The fourth-order valence-electron chi connectivity index (χ4n) is 2.63. The van der Waals surface area contributed by atoms with Crippen molar-refractivity contribution < 1.29 is 4.79 Å². The number of benzene rings is 1. The molecule has 0 radical (unpaired) electrons. The molecule has 2 heterocycles. The Morgan fingerprint density at radius 1 is 1.17 bits per heavy atom. The summed E-state index contributed by atoms with van der Waals surface area (Å²) in [7, 11) is 0. The molecule has 1 aliphatic rings. The van der Waals surface area contributed by atoms with Crippen molar-refractivity contribution in [2.24, 2.45) is 0 Å². The largest absolute Gasteiger partial charge is 0.339 e. The van der Waals surface area contributed by atoms with E-state index in [-0.39, 0.29) is 5.91 Å². The highest BCUT2D eigenvalue weighted by Crippen LogP contribution is 2.23. The molecule has 0 aliphatic carbocycles. The lowest BCUT2D eigenvalue weighted by Gasteiger charge is -2.26. The van der Waals surface area contributed by atoms with E-state index in [1.165, 1.54) is 12.6 Å². The number of hydrogen-bond donors (Lipinski definition) is 1. The van der Waals surface area contributed by atoms with E-state index in [4.69, 9.17) is 11.6 Å². The van der Waals surface area contributed by atoms with Gasteiger partial charge in [-0.05, 0) is 43.9 Å². The highest BCUT2D eigenvalue weighted by atomic mass is 35.5. The first-order valence-corrected chi connectivity index (χ1v) is 8.16. The van der Waals surface area contributed by atoms with Crippen molar-refractivity contribution in [3.05, 3.63) is 46.9 Å². The van der Waals surface area contributed by atoms with Gasteiger partial charge in [0.05, 0.1) is 12.4 Å². The molecule has 1 aliphatic heterocycles. The van der Waals surface area contributed by atoms with Gasteiger partial charge >= 0.3 is 0 Å². The number of piperidine rings is 1. The molecule has 0 saturated carbocycles. The van der Waals surface area contributed by atoms with Gasteiger partial charge in [-0.15, -0.1) is 0 Å². The van der Waals surface area contributed by atoms with Gasteiger partial charge in [0.15, 0.2) is 0 Å². The molecule has 0 unspecified atom stereocenters. The normalized spacial score (nSPS) is 14.6. The van der Waals surface area contributed by atoms with Crippen LogP contribution in [0.5, 0.6) is 0 Å². The molecule has 1 saturated heterocycles. The lowest BCUT2D eigenvalue weighted by atomic mass is 10.1. The van der Waals surface area contributed by atoms with E-state index in [2.05, 4.69) is 15.3 Å². The van der Waals surface area contributed by atoms with E-state index in [0.29, 0.717) is 16.5 Å². The molecule has 2 aromatic rings. The number of aryl methyl sites for hydroxylation is 1. The molecule has 5 nitrogen and oxygen atoms in total. The smallest absolute Gasteiger partial charge is 0.274 e. The van der Waals surface area contributed by atoms with Crippen molar-refractivity contribution in [1.82, 2.24) is 14.9 Å². The molecule has 1 N–H and O–H groups in total. The number of hydrogen-bond acceptors (Lipinski definition) is 4. The summed E-state index contributed by atoms with van der Waals surface area (Å²) in [5.74, 6) is 0.549. The Balaban J connectivity index is 1.71. The maximum Gasteiger partial charge on any atom is 0.274 e. The molecule has 1 amide bonds. The number of amides is 1. The summed E-state index contributed by atoms with van der Waals surface area (Å²) in [5.41, 5.74) is 2.33. The highest BCUT2D eigenvalue weighted by Gasteiger charge is 2.19. The predicted octanol–water partition coefficient (Wildman–Crippen LogP) is 3.81. The van der Waals surface area contributed by atoms with E-state index in [1.807, 2.05) is 30.0 Å². The minimum atomic E-state index is -0.0392. The Hall–Kier alpha value is -2.14. The average molecular weight is 331 g/mol.